The van der Waals surface area contributed by atoms with Crippen LogP contribution in [0.3, 0.4) is 0 Å². The summed E-state index contributed by atoms with van der Waals surface area (Å²) in [4.78, 5) is 41.1. The van der Waals surface area contributed by atoms with Crippen molar-refractivity contribution in [3.63, 3.8) is 0 Å². The molecular weight excluding hydrogens is 530 g/mol. The third-order valence-corrected chi connectivity index (χ3v) is 7.71. The van der Waals surface area contributed by atoms with E-state index in [-0.39, 0.29) is 28.7 Å². The number of fused-ring (bicyclic) bond motifs is 1. The minimum atomic E-state index is -1.31. The number of anilines is 2. The first-order valence-corrected chi connectivity index (χ1v) is 13.5. The summed E-state index contributed by atoms with van der Waals surface area (Å²) in [5.74, 6) is -2.50. The van der Waals surface area contributed by atoms with Gasteiger partial charge in [-0.05, 0) is 66.9 Å². The van der Waals surface area contributed by atoms with E-state index < -0.39 is 17.2 Å². The molecule has 1 saturated carbocycles. The average molecular weight is 559 g/mol. The van der Waals surface area contributed by atoms with Gasteiger partial charge in [0, 0.05) is 61.6 Å². The molecular formula is C31H28F2N4O4. The lowest BCUT2D eigenvalue weighted by Crippen LogP contribution is -2.46. The third-order valence-electron chi connectivity index (χ3n) is 7.71. The summed E-state index contributed by atoms with van der Waals surface area (Å²) in [6, 6.07) is 15.9. The van der Waals surface area contributed by atoms with E-state index in [9.17, 15) is 23.9 Å². The molecule has 2 N–H and O–H groups in total. The molecule has 0 bridgehead atoms. The molecule has 2 heterocycles. The Morgan fingerprint density at radius 1 is 0.927 bits per heavy atom. The standard InChI is InChI=1S/C31H28F2N4O4/c32-21-5-7-22(8-6-21)34-30(39)20-3-1-19(2-4-20)17-35-11-13-36(14-12-35)28-16-27-24(15-26(28)33)29(38)25(31(40)41)18-37(27)23-9-10-23/h1-8,15-16,18,23H,9-14,17H2,(H,34,39)(H,40,41). The van der Waals surface area contributed by atoms with Gasteiger partial charge in [-0.3, -0.25) is 14.5 Å². The summed E-state index contributed by atoms with van der Waals surface area (Å²) in [5, 5.41) is 12.3. The fourth-order valence-corrected chi connectivity index (χ4v) is 5.31. The first kappa shape index (κ1) is 26.6. The van der Waals surface area contributed by atoms with Crippen LogP contribution in [0.25, 0.3) is 10.9 Å². The van der Waals surface area contributed by atoms with Crippen LogP contribution in [0.5, 0.6) is 0 Å². The number of nitrogens with zero attached hydrogens (tertiary/aromatic N) is 3. The predicted octanol–water partition coefficient (Wildman–Crippen LogP) is 4.89. The number of hydrogen-bond acceptors (Lipinski definition) is 5. The number of nitrogens with one attached hydrogen (secondary N) is 1. The topological polar surface area (TPSA) is 94.9 Å². The summed E-state index contributed by atoms with van der Waals surface area (Å²) in [6.45, 7) is 3.23. The van der Waals surface area contributed by atoms with Crippen molar-refractivity contribution in [2.24, 2.45) is 0 Å². The van der Waals surface area contributed by atoms with Gasteiger partial charge in [-0.25, -0.2) is 13.6 Å². The van der Waals surface area contributed by atoms with Gasteiger partial charge in [-0.15, -0.1) is 0 Å². The van der Waals surface area contributed by atoms with Gasteiger partial charge in [-0.2, -0.15) is 0 Å². The highest BCUT2D eigenvalue weighted by atomic mass is 19.1. The first-order valence-electron chi connectivity index (χ1n) is 13.5. The van der Waals surface area contributed by atoms with Gasteiger partial charge in [0.05, 0.1) is 11.2 Å². The monoisotopic (exact) mass is 558 g/mol. The van der Waals surface area contributed by atoms with Crippen LogP contribution in [0.4, 0.5) is 20.2 Å². The molecule has 1 aliphatic carbocycles. The molecule has 3 aromatic carbocycles. The fraction of sp³-hybridized carbons (Fsp3) is 0.258. The number of aromatic carboxylic acids is 1. The molecule has 8 nitrogen and oxygen atoms in total. The Morgan fingerprint density at radius 2 is 1.61 bits per heavy atom. The lowest BCUT2D eigenvalue weighted by atomic mass is 10.1. The minimum absolute atomic E-state index is 0.0893. The fourth-order valence-electron chi connectivity index (χ4n) is 5.31. The number of aromatic nitrogens is 1. The normalized spacial score (nSPS) is 15.7. The first-order chi connectivity index (χ1) is 19.8. The smallest absolute Gasteiger partial charge is 0.341 e. The SMILES string of the molecule is O=C(Nc1ccc(F)cc1)c1ccc(CN2CCN(c3cc4c(cc3F)c(=O)c(C(=O)O)cn4C3CC3)CC2)cc1. The largest absolute Gasteiger partial charge is 0.477 e. The van der Waals surface area contributed by atoms with Gasteiger partial charge in [0.15, 0.2) is 0 Å². The molecule has 2 fully saturated rings. The lowest BCUT2D eigenvalue weighted by molar-refractivity contribution is 0.0694. The number of carboxylic acid groups (broad SMARTS) is 1. The molecule has 0 spiro atoms. The van der Waals surface area contributed by atoms with Gasteiger partial charge in [0.25, 0.3) is 5.91 Å². The highest BCUT2D eigenvalue weighted by molar-refractivity contribution is 6.04. The number of hydrogen-bond donors (Lipinski definition) is 2. The van der Waals surface area contributed by atoms with E-state index in [1.165, 1.54) is 36.5 Å². The van der Waals surface area contributed by atoms with Crippen LogP contribution in [0.1, 0.15) is 45.2 Å². The van der Waals surface area contributed by atoms with Crippen LogP contribution in [0, 0.1) is 11.6 Å². The molecule has 1 amide bonds. The number of halogens is 2. The molecule has 0 radical (unpaired) electrons. The number of rotatable bonds is 7. The molecule has 1 saturated heterocycles. The Labute approximate surface area is 234 Å². The van der Waals surface area contributed by atoms with E-state index in [4.69, 9.17) is 0 Å². The van der Waals surface area contributed by atoms with Crippen molar-refractivity contribution in [3.05, 3.63) is 105 Å². The summed E-state index contributed by atoms with van der Waals surface area (Å²) < 4.78 is 30.2. The van der Waals surface area contributed by atoms with Gasteiger partial charge in [0.1, 0.15) is 17.2 Å². The molecule has 0 unspecified atom stereocenters. The second-order valence-corrected chi connectivity index (χ2v) is 10.6. The average Bonchev–Trinajstić information content (AvgIpc) is 3.81. The van der Waals surface area contributed by atoms with E-state index in [0.717, 1.165) is 18.4 Å². The van der Waals surface area contributed by atoms with E-state index in [1.54, 1.807) is 18.2 Å². The molecule has 0 atom stereocenters. The third kappa shape index (κ3) is 5.55. The van der Waals surface area contributed by atoms with Crippen molar-refractivity contribution < 1.29 is 23.5 Å². The second-order valence-electron chi connectivity index (χ2n) is 10.6. The maximum Gasteiger partial charge on any atom is 0.341 e. The maximum atomic E-state index is 15.3. The Hall–Kier alpha value is -4.57. The second kappa shape index (κ2) is 10.8. The zero-order valence-electron chi connectivity index (χ0n) is 22.1. The van der Waals surface area contributed by atoms with Crippen molar-refractivity contribution in [1.29, 1.82) is 0 Å². The Balaban J connectivity index is 1.12. The van der Waals surface area contributed by atoms with Crippen LogP contribution < -0.4 is 15.6 Å². The molecule has 1 aromatic heterocycles. The molecule has 2 aliphatic rings. The highest BCUT2D eigenvalue weighted by Gasteiger charge is 2.28. The number of amides is 1. The summed E-state index contributed by atoms with van der Waals surface area (Å²) >= 11 is 0. The Bertz CT molecular complexity index is 1690. The number of carboxylic acids is 1. The number of pyridine rings is 1. The lowest BCUT2D eigenvalue weighted by Gasteiger charge is -2.36. The van der Waals surface area contributed by atoms with Crippen molar-refractivity contribution in [2.75, 3.05) is 36.4 Å². The zero-order chi connectivity index (χ0) is 28.7. The van der Waals surface area contributed by atoms with E-state index in [0.29, 0.717) is 55.2 Å². The van der Waals surface area contributed by atoms with Crippen LogP contribution in [0.15, 0.2) is 71.7 Å². The maximum absolute atomic E-state index is 15.3. The Kier molecular flexibility index (Phi) is 7.00. The van der Waals surface area contributed by atoms with Crippen molar-refractivity contribution in [2.45, 2.75) is 25.4 Å². The molecule has 4 aromatic rings. The molecule has 10 heteroatoms. The van der Waals surface area contributed by atoms with E-state index in [1.807, 2.05) is 21.6 Å². The van der Waals surface area contributed by atoms with E-state index >= 15 is 4.39 Å². The van der Waals surface area contributed by atoms with Gasteiger partial charge < -0.3 is 19.9 Å². The van der Waals surface area contributed by atoms with E-state index in [2.05, 4.69) is 10.2 Å². The quantitative estimate of drug-likeness (QED) is 0.336. The Morgan fingerprint density at radius 3 is 2.24 bits per heavy atom. The van der Waals surface area contributed by atoms with Crippen LogP contribution >= 0.6 is 0 Å². The summed E-state index contributed by atoms with van der Waals surface area (Å²) in [5.41, 5.74) is 2.01. The molecule has 41 heavy (non-hydrogen) atoms. The summed E-state index contributed by atoms with van der Waals surface area (Å²) in [6.07, 6.45) is 3.17. The minimum Gasteiger partial charge on any atom is -0.477 e. The van der Waals surface area contributed by atoms with Crippen LogP contribution in [0.2, 0.25) is 0 Å². The zero-order valence-corrected chi connectivity index (χ0v) is 22.1. The molecule has 6 rings (SSSR count). The van der Waals surface area contributed by atoms with Crippen molar-refractivity contribution in [3.8, 4) is 0 Å². The van der Waals surface area contributed by atoms with Crippen molar-refractivity contribution in [1.82, 2.24) is 9.47 Å². The van der Waals surface area contributed by atoms with Gasteiger partial charge in [0.2, 0.25) is 5.43 Å². The number of carbonyl (C=O) groups is 2. The highest BCUT2D eigenvalue weighted by Crippen LogP contribution is 2.38. The van der Waals surface area contributed by atoms with Crippen LogP contribution in [-0.2, 0) is 6.54 Å². The number of piperazine rings is 1. The number of carbonyl (C=O) groups excluding carboxylic acids is 1. The van der Waals surface area contributed by atoms with Gasteiger partial charge >= 0.3 is 5.97 Å². The molecule has 1 aliphatic heterocycles. The predicted molar refractivity (Wildman–Crippen MR) is 152 cm³/mol. The molecule has 210 valence electrons. The number of benzene rings is 3. The summed E-state index contributed by atoms with van der Waals surface area (Å²) in [7, 11) is 0. The van der Waals surface area contributed by atoms with Crippen LogP contribution in [-0.4, -0.2) is 52.6 Å². The van der Waals surface area contributed by atoms with Gasteiger partial charge in [-0.1, -0.05) is 12.1 Å². The van der Waals surface area contributed by atoms with Crippen molar-refractivity contribution >= 4 is 34.2 Å².